The van der Waals surface area contributed by atoms with Gasteiger partial charge >= 0.3 is 0 Å². The van der Waals surface area contributed by atoms with Crippen LogP contribution in [0, 0.1) is 19.8 Å². The minimum Gasteiger partial charge on any atom is -0.496 e. The van der Waals surface area contributed by atoms with Crippen LogP contribution in [0.3, 0.4) is 0 Å². The van der Waals surface area contributed by atoms with Crippen LogP contribution >= 0.6 is 0 Å². The summed E-state index contributed by atoms with van der Waals surface area (Å²) >= 11 is 0. The molecule has 1 aliphatic heterocycles. The molecular weight excluding hydrogens is 238 g/mol. The maximum atomic E-state index is 12.4. The first kappa shape index (κ1) is 14.1. The van der Waals surface area contributed by atoms with Gasteiger partial charge in [0.15, 0.2) is 5.78 Å². The lowest BCUT2D eigenvalue weighted by atomic mass is 9.89. The van der Waals surface area contributed by atoms with Gasteiger partial charge in [0.25, 0.3) is 0 Å². The van der Waals surface area contributed by atoms with Gasteiger partial charge in [-0.2, -0.15) is 0 Å². The van der Waals surface area contributed by atoms with E-state index in [2.05, 4.69) is 5.32 Å². The van der Waals surface area contributed by atoms with Crippen molar-refractivity contribution in [3.05, 3.63) is 28.8 Å². The molecule has 0 spiro atoms. The highest BCUT2D eigenvalue weighted by Crippen LogP contribution is 2.26. The van der Waals surface area contributed by atoms with Gasteiger partial charge in [0, 0.05) is 12.0 Å². The molecule has 1 unspecified atom stereocenters. The molecule has 1 N–H and O–H groups in total. The molecule has 0 bridgehead atoms. The SMILES string of the molecule is COc1ccc(C(=O)CC2CCCNC2)c(C)c1C. The summed E-state index contributed by atoms with van der Waals surface area (Å²) in [6, 6.07) is 3.80. The number of carbonyl (C=O) groups is 1. The van der Waals surface area contributed by atoms with Gasteiger partial charge in [0.2, 0.25) is 0 Å². The van der Waals surface area contributed by atoms with Crippen LogP contribution in [0.25, 0.3) is 0 Å². The number of Topliss-reactive ketones (excluding diaryl/α,β-unsaturated/α-hetero) is 1. The Bertz CT molecular complexity index is 462. The molecule has 2 rings (SSSR count). The van der Waals surface area contributed by atoms with E-state index in [1.54, 1.807) is 7.11 Å². The van der Waals surface area contributed by atoms with E-state index in [-0.39, 0.29) is 5.78 Å². The molecule has 3 heteroatoms. The summed E-state index contributed by atoms with van der Waals surface area (Å²) in [5, 5.41) is 3.36. The van der Waals surface area contributed by atoms with Crippen LogP contribution in [0.1, 0.15) is 40.7 Å². The zero-order valence-corrected chi connectivity index (χ0v) is 12.1. The minimum atomic E-state index is 0.261. The molecular formula is C16H23NO2. The molecule has 0 aliphatic carbocycles. The Hall–Kier alpha value is -1.35. The van der Waals surface area contributed by atoms with Crippen molar-refractivity contribution in [1.29, 1.82) is 0 Å². The van der Waals surface area contributed by atoms with Crippen molar-refractivity contribution in [2.45, 2.75) is 33.1 Å². The second-order valence-electron chi connectivity index (χ2n) is 5.41. The minimum absolute atomic E-state index is 0.261. The highest BCUT2D eigenvalue weighted by atomic mass is 16.5. The van der Waals surface area contributed by atoms with Gasteiger partial charge in [-0.15, -0.1) is 0 Å². The first-order valence-corrected chi connectivity index (χ1v) is 7.01. The third kappa shape index (κ3) is 3.16. The maximum absolute atomic E-state index is 12.4. The van der Waals surface area contributed by atoms with Gasteiger partial charge < -0.3 is 10.1 Å². The van der Waals surface area contributed by atoms with Gasteiger partial charge in [-0.3, -0.25) is 4.79 Å². The normalized spacial score (nSPS) is 19.2. The number of piperidine rings is 1. The third-order valence-corrected chi connectivity index (χ3v) is 4.13. The molecule has 19 heavy (non-hydrogen) atoms. The molecule has 1 fully saturated rings. The van der Waals surface area contributed by atoms with Crippen molar-refractivity contribution < 1.29 is 9.53 Å². The molecule has 1 saturated heterocycles. The van der Waals surface area contributed by atoms with Crippen LogP contribution in [0.5, 0.6) is 5.75 Å². The Morgan fingerprint density at radius 2 is 2.16 bits per heavy atom. The number of hydrogen-bond acceptors (Lipinski definition) is 3. The standard InChI is InChI=1S/C16H23NO2/c1-11-12(2)16(19-3)7-6-14(11)15(18)9-13-5-4-8-17-10-13/h6-7,13,17H,4-5,8-10H2,1-3H3. The topological polar surface area (TPSA) is 38.3 Å². The number of nitrogens with one attached hydrogen (secondary N) is 1. The number of hydrogen-bond donors (Lipinski definition) is 1. The van der Waals surface area contributed by atoms with Gasteiger partial charge in [-0.25, -0.2) is 0 Å². The van der Waals surface area contributed by atoms with Gasteiger partial charge in [-0.05, 0) is 69.0 Å². The second kappa shape index (κ2) is 6.20. The van der Waals surface area contributed by atoms with Crippen molar-refractivity contribution in [3.8, 4) is 5.75 Å². The Kier molecular flexibility index (Phi) is 4.59. The maximum Gasteiger partial charge on any atom is 0.163 e. The highest BCUT2D eigenvalue weighted by molar-refractivity contribution is 5.98. The summed E-state index contributed by atoms with van der Waals surface area (Å²) < 4.78 is 5.29. The van der Waals surface area contributed by atoms with Crippen molar-refractivity contribution >= 4 is 5.78 Å². The van der Waals surface area contributed by atoms with E-state index in [0.29, 0.717) is 12.3 Å². The summed E-state index contributed by atoms with van der Waals surface area (Å²) in [6.07, 6.45) is 2.99. The quantitative estimate of drug-likeness (QED) is 0.847. The average Bonchev–Trinajstić information content (AvgIpc) is 2.42. The van der Waals surface area contributed by atoms with E-state index in [0.717, 1.165) is 42.0 Å². The fourth-order valence-corrected chi connectivity index (χ4v) is 2.79. The molecule has 1 aromatic carbocycles. The zero-order valence-electron chi connectivity index (χ0n) is 12.1. The largest absolute Gasteiger partial charge is 0.496 e. The van der Waals surface area contributed by atoms with Crippen LogP contribution in [-0.4, -0.2) is 26.0 Å². The Balaban J connectivity index is 2.12. The fourth-order valence-electron chi connectivity index (χ4n) is 2.79. The van der Waals surface area contributed by atoms with Gasteiger partial charge in [0.1, 0.15) is 5.75 Å². The molecule has 0 saturated carbocycles. The molecule has 0 aromatic heterocycles. The smallest absolute Gasteiger partial charge is 0.163 e. The molecule has 104 valence electrons. The summed E-state index contributed by atoms with van der Waals surface area (Å²) in [4.78, 5) is 12.4. The van der Waals surface area contributed by atoms with E-state index in [4.69, 9.17) is 4.74 Å². The van der Waals surface area contributed by atoms with Crippen LogP contribution in [-0.2, 0) is 0 Å². The Labute approximate surface area is 115 Å². The van der Waals surface area contributed by atoms with Crippen LogP contribution < -0.4 is 10.1 Å². The number of ketones is 1. The molecule has 1 atom stereocenters. The predicted octanol–water partition coefficient (Wildman–Crippen LogP) is 2.88. The predicted molar refractivity (Wildman–Crippen MR) is 77.0 cm³/mol. The fraction of sp³-hybridized carbons (Fsp3) is 0.562. The van der Waals surface area contributed by atoms with Crippen molar-refractivity contribution in [3.63, 3.8) is 0 Å². The van der Waals surface area contributed by atoms with Gasteiger partial charge in [0.05, 0.1) is 7.11 Å². The molecule has 1 aromatic rings. The lowest BCUT2D eigenvalue weighted by molar-refractivity contribution is 0.0953. The monoisotopic (exact) mass is 261 g/mol. The summed E-state index contributed by atoms with van der Waals surface area (Å²) in [5.41, 5.74) is 2.96. The first-order chi connectivity index (χ1) is 9.13. The number of ether oxygens (including phenoxy) is 1. The highest BCUT2D eigenvalue weighted by Gasteiger charge is 2.19. The zero-order chi connectivity index (χ0) is 13.8. The molecule has 1 heterocycles. The van der Waals surface area contributed by atoms with E-state index >= 15 is 0 Å². The molecule has 0 radical (unpaired) electrons. The lowest BCUT2D eigenvalue weighted by Gasteiger charge is -2.22. The average molecular weight is 261 g/mol. The van der Waals surface area contributed by atoms with Crippen LogP contribution in [0.4, 0.5) is 0 Å². The second-order valence-corrected chi connectivity index (χ2v) is 5.41. The van der Waals surface area contributed by atoms with Crippen molar-refractivity contribution in [1.82, 2.24) is 5.32 Å². The number of methoxy groups -OCH3 is 1. The van der Waals surface area contributed by atoms with Crippen LogP contribution in [0.2, 0.25) is 0 Å². The third-order valence-electron chi connectivity index (χ3n) is 4.13. The lowest BCUT2D eigenvalue weighted by Crippen LogP contribution is -2.31. The van der Waals surface area contributed by atoms with E-state index < -0.39 is 0 Å². The van der Waals surface area contributed by atoms with Crippen molar-refractivity contribution in [2.75, 3.05) is 20.2 Å². The Morgan fingerprint density at radius 1 is 1.37 bits per heavy atom. The Morgan fingerprint density at radius 3 is 2.79 bits per heavy atom. The number of rotatable bonds is 4. The van der Waals surface area contributed by atoms with Gasteiger partial charge in [-0.1, -0.05) is 0 Å². The summed E-state index contributed by atoms with van der Waals surface area (Å²) in [6.45, 7) is 6.07. The number of carbonyl (C=O) groups excluding carboxylic acids is 1. The van der Waals surface area contributed by atoms with E-state index in [1.165, 1.54) is 6.42 Å². The molecule has 1 aliphatic rings. The molecule has 0 amide bonds. The van der Waals surface area contributed by atoms with E-state index in [1.807, 2.05) is 26.0 Å². The summed E-state index contributed by atoms with van der Waals surface area (Å²) in [7, 11) is 1.66. The van der Waals surface area contributed by atoms with E-state index in [9.17, 15) is 4.79 Å². The number of benzene rings is 1. The van der Waals surface area contributed by atoms with Crippen LogP contribution in [0.15, 0.2) is 12.1 Å². The van der Waals surface area contributed by atoms with Crippen molar-refractivity contribution in [2.24, 2.45) is 5.92 Å². The molecule has 3 nitrogen and oxygen atoms in total. The summed E-state index contributed by atoms with van der Waals surface area (Å²) in [5.74, 6) is 1.60. The first-order valence-electron chi connectivity index (χ1n) is 7.01.